The SMILES string of the molecule is C#C[C@H](C)Oc1cnc(C(=O)Nc2ccc(F)c([C@@]3(C)N=C(N)S[C@@]4(COC)C[C@H]43)c2)c(C)n1. The van der Waals surface area contributed by atoms with Gasteiger partial charge in [0.15, 0.2) is 11.3 Å². The van der Waals surface area contributed by atoms with Gasteiger partial charge in [-0.3, -0.25) is 9.79 Å². The van der Waals surface area contributed by atoms with Crippen molar-refractivity contribution in [2.45, 2.75) is 43.6 Å². The molecule has 0 bridgehead atoms. The Hall–Kier alpha value is -3.16. The summed E-state index contributed by atoms with van der Waals surface area (Å²) in [6.45, 7) is 5.72. The number of aliphatic imine (C=N–C) groups is 1. The maximum atomic E-state index is 15.0. The Balaban J connectivity index is 1.58. The molecule has 1 aromatic heterocycles. The summed E-state index contributed by atoms with van der Waals surface area (Å²) in [6, 6.07) is 4.42. The van der Waals surface area contributed by atoms with E-state index in [9.17, 15) is 4.79 Å². The lowest BCUT2D eigenvalue weighted by Crippen LogP contribution is -2.37. The fourth-order valence-electron chi connectivity index (χ4n) is 4.47. The number of methoxy groups -OCH3 is 1. The van der Waals surface area contributed by atoms with Crippen molar-refractivity contribution in [1.82, 2.24) is 9.97 Å². The number of aromatic nitrogens is 2. The summed E-state index contributed by atoms with van der Waals surface area (Å²) in [5.74, 6) is 1.83. The number of rotatable bonds is 7. The molecule has 2 heterocycles. The number of amidine groups is 1. The number of hydrogen-bond donors (Lipinski definition) is 2. The van der Waals surface area contributed by atoms with Crippen molar-refractivity contribution in [2.75, 3.05) is 19.0 Å². The third kappa shape index (κ3) is 4.33. The van der Waals surface area contributed by atoms with Crippen LogP contribution in [0.3, 0.4) is 0 Å². The number of nitrogens with one attached hydrogen (secondary N) is 1. The standard InChI is InChI=1S/C24H26FN5O3S/c1-6-13(2)33-19-11-27-20(14(3)28-19)21(31)29-15-7-8-17(25)16(9-15)23(4)18-10-24(18,12-32-5)34-22(26)30-23/h1,7-9,11,13,18H,10,12H2,2-5H3,(H2,26,30)(H,29,31)/t13-,18-,23+,24+/m0/s1. The smallest absolute Gasteiger partial charge is 0.276 e. The van der Waals surface area contributed by atoms with Crippen molar-refractivity contribution in [3.8, 4) is 18.2 Å². The number of carbonyl (C=O) groups excluding carboxylic acids is 1. The van der Waals surface area contributed by atoms with Crippen LogP contribution in [-0.2, 0) is 10.3 Å². The lowest BCUT2D eigenvalue weighted by atomic mass is 9.85. The molecule has 3 N–H and O–H groups in total. The van der Waals surface area contributed by atoms with Gasteiger partial charge in [0, 0.05) is 24.3 Å². The number of carbonyl (C=O) groups is 1. The molecule has 178 valence electrons. The summed E-state index contributed by atoms with van der Waals surface area (Å²) in [7, 11) is 1.64. The number of amides is 1. The molecule has 0 saturated heterocycles. The van der Waals surface area contributed by atoms with Gasteiger partial charge in [0.05, 0.1) is 28.8 Å². The van der Waals surface area contributed by atoms with E-state index in [2.05, 4.69) is 26.2 Å². The van der Waals surface area contributed by atoms with Crippen molar-refractivity contribution in [3.63, 3.8) is 0 Å². The molecule has 0 spiro atoms. The van der Waals surface area contributed by atoms with E-state index in [0.29, 0.717) is 28.7 Å². The molecule has 4 rings (SSSR count). The molecule has 1 aliphatic carbocycles. The average molecular weight is 484 g/mol. The van der Waals surface area contributed by atoms with Crippen LogP contribution in [0.25, 0.3) is 0 Å². The fraction of sp³-hybridized carbons (Fsp3) is 0.417. The Morgan fingerprint density at radius 2 is 2.26 bits per heavy atom. The highest BCUT2D eigenvalue weighted by Gasteiger charge is 2.66. The molecule has 2 aliphatic rings. The normalized spacial score (nSPS) is 26.0. The molecule has 0 unspecified atom stereocenters. The average Bonchev–Trinajstić information content (AvgIpc) is 3.49. The summed E-state index contributed by atoms with van der Waals surface area (Å²) >= 11 is 1.48. The second kappa shape index (κ2) is 8.89. The van der Waals surface area contributed by atoms with Crippen LogP contribution in [0.2, 0.25) is 0 Å². The summed E-state index contributed by atoms with van der Waals surface area (Å²) in [6.07, 6.45) is 6.99. The maximum Gasteiger partial charge on any atom is 0.276 e. The molecule has 0 radical (unpaired) electrons. The first-order valence-corrected chi connectivity index (χ1v) is 11.5. The number of terminal acetylenes is 1. The van der Waals surface area contributed by atoms with E-state index in [1.807, 2.05) is 6.92 Å². The van der Waals surface area contributed by atoms with Gasteiger partial charge < -0.3 is 20.5 Å². The molecular weight excluding hydrogens is 457 g/mol. The van der Waals surface area contributed by atoms with E-state index < -0.39 is 23.4 Å². The number of benzene rings is 1. The predicted molar refractivity (Wildman–Crippen MR) is 129 cm³/mol. The van der Waals surface area contributed by atoms with Gasteiger partial charge in [0.25, 0.3) is 5.91 Å². The van der Waals surface area contributed by atoms with E-state index in [-0.39, 0.29) is 22.2 Å². The zero-order valence-corrected chi connectivity index (χ0v) is 20.2. The van der Waals surface area contributed by atoms with Gasteiger partial charge in [0.2, 0.25) is 5.88 Å². The van der Waals surface area contributed by atoms with Crippen LogP contribution in [0.5, 0.6) is 5.88 Å². The van der Waals surface area contributed by atoms with Crippen LogP contribution in [0.15, 0.2) is 29.4 Å². The molecule has 34 heavy (non-hydrogen) atoms. The number of anilines is 1. The lowest BCUT2D eigenvalue weighted by Gasteiger charge is -2.34. The van der Waals surface area contributed by atoms with Gasteiger partial charge in [-0.1, -0.05) is 17.7 Å². The Kier molecular flexibility index (Phi) is 6.27. The van der Waals surface area contributed by atoms with E-state index in [4.69, 9.17) is 21.6 Å². The highest BCUT2D eigenvalue weighted by atomic mass is 32.2. The molecule has 8 nitrogen and oxygen atoms in total. The number of ether oxygens (including phenoxy) is 2. The first-order chi connectivity index (χ1) is 16.1. The third-order valence-electron chi connectivity index (χ3n) is 6.18. The van der Waals surface area contributed by atoms with Crippen molar-refractivity contribution in [1.29, 1.82) is 0 Å². The largest absolute Gasteiger partial charge is 0.460 e. The highest BCUT2D eigenvalue weighted by Crippen LogP contribution is 2.66. The monoisotopic (exact) mass is 483 g/mol. The van der Waals surface area contributed by atoms with Gasteiger partial charge in [-0.05, 0) is 45.4 Å². The molecule has 2 aromatic rings. The fourth-order valence-corrected chi connectivity index (χ4v) is 5.92. The molecule has 1 amide bonds. The quantitative estimate of drug-likeness (QED) is 0.582. The van der Waals surface area contributed by atoms with Gasteiger partial charge in [-0.15, -0.1) is 6.42 Å². The molecule has 10 heteroatoms. The number of thioether (sulfide) groups is 1. The third-order valence-corrected chi connectivity index (χ3v) is 7.46. The van der Waals surface area contributed by atoms with Gasteiger partial charge in [0.1, 0.15) is 11.5 Å². The number of hydrogen-bond acceptors (Lipinski definition) is 8. The minimum atomic E-state index is -0.874. The molecule has 1 saturated carbocycles. The maximum absolute atomic E-state index is 15.0. The zero-order valence-electron chi connectivity index (χ0n) is 19.4. The first kappa shape index (κ1) is 24.0. The highest BCUT2D eigenvalue weighted by molar-refractivity contribution is 8.15. The number of halogens is 1. The first-order valence-electron chi connectivity index (χ1n) is 10.7. The summed E-state index contributed by atoms with van der Waals surface area (Å²) in [5, 5.41) is 3.18. The predicted octanol–water partition coefficient (Wildman–Crippen LogP) is 3.26. The number of fused-ring (bicyclic) bond motifs is 1. The Labute approximate surface area is 201 Å². The lowest BCUT2D eigenvalue weighted by molar-refractivity contribution is 0.102. The van der Waals surface area contributed by atoms with E-state index in [1.165, 1.54) is 30.1 Å². The molecule has 1 aromatic carbocycles. The van der Waals surface area contributed by atoms with Crippen molar-refractivity contribution >= 4 is 28.5 Å². The van der Waals surface area contributed by atoms with Gasteiger partial charge in [-0.25, -0.2) is 14.4 Å². The van der Waals surface area contributed by atoms with E-state index in [1.54, 1.807) is 27.0 Å². The van der Waals surface area contributed by atoms with Crippen LogP contribution in [0.1, 0.15) is 42.0 Å². The van der Waals surface area contributed by atoms with Crippen molar-refractivity contribution < 1.29 is 18.7 Å². The Morgan fingerprint density at radius 3 is 2.94 bits per heavy atom. The minimum absolute atomic E-state index is 0.0590. The summed E-state index contributed by atoms with van der Waals surface area (Å²) in [4.78, 5) is 25.9. The second-order valence-corrected chi connectivity index (χ2v) is 10.1. The topological polar surface area (TPSA) is 112 Å². The van der Waals surface area contributed by atoms with Gasteiger partial charge in [-0.2, -0.15) is 0 Å². The second-order valence-electron chi connectivity index (χ2n) is 8.67. The van der Waals surface area contributed by atoms with Crippen LogP contribution in [0.4, 0.5) is 10.1 Å². The molecular formula is C24H26FN5O3S. The summed E-state index contributed by atoms with van der Waals surface area (Å²) in [5.41, 5.74) is 6.52. The zero-order chi connectivity index (χ0) is 24.7. The van der Waals surface area contributed by atoms with Crippen molar-refractivity contribution in [2.24, 2.45) is 16.6 Å². The molecule has 1 fully saturated rings. The van der Waals surface area contributed by atoms with Gasteiger partial charge >= 0.3 is 0 Å². The number of aryl methyl sites for hydroxylation is 1. The molecule has 1 aliphatic heterocycles. The van der Waals surface area contributed by atoms with Crippen LogP contribution in [-0.4, -0.2) is 45.6 Å². The number of nitrogens with zero attached hydrogens (tertiary/aromatic N) is 3. The van der Waals surface area contributed by atoms with Crippen LogP contribution >= 0.6 is 11.8 Å². The Bertz CT molecular complexity index is 1220. The number of nitrogens with two attached hydrogens (primary N) is 1. The molecule has 4 atom stereocenters. The Morgan fingerprint density at radius 1 is 1.50 bits per heavy atom. The van der Waals surface area contributed by atoms with Crippen molar-refractivity contribution in [3.05, 3.63) is 47.2 Å². The van der Waals surface area contributed by atoms with Crippen LogP contribution in [0, 0.1) is 31.0 Å². The van der Waals surface area contributed by atoms with E-state index >= 15 is 4.39 Å². The van der Waals surface area contributed by atoms with E-state index in [0.717, 1.165) is 6.42 Å². The minimum Gasteiger partial charge on any atom is -0.460 e. The van der Waals surface area contributed by atoms with Crippen LogP contribution < -0.4 is 15.8 Å². The summed E-state index contributed by atoms with van der Waals surface area (Å²) < 4.78 is 25.6.